The lowest BCUT2D eigenvalue weighted by Crippen LogP contribution is -2.50. The molecule has 150 valence electrons. The molecule has 2 fully saturated rings. The Hall–Kier alpha value is -1.14. The van der Waals surface area contributed by atoms with Crippen LogP contribution in [0.1, 0.15) is 59.3 Å². The Bertz CT molecular complexity index is 448. The molecule has 26 heavy (non-hydrogen) atoms. The highest BCUT2D eigenvalue weighted by atomic mass is 16.5. The third kappa shape index (κ3) is 6.88. The van der Waals surface area contributed by atoms with Gasteiger partial charge in [-0.1, -0.05) is 6.92 Å². The number of hydrogen-bond donors (Lipinski definition) is 1. The second-order valence-corrected chi connectivity index (χ2v) is 7.97. The lowest BCUT2D eigenvalue weighted by molar-refractivity contribution is -0.136. The fourth-order valence-electron chi connectivity index (χ4n) is 3.83. The molecule has 2 heterocycles. The van der Waals surface area contributed by atoms with E-state index in [0.717, 1.165) is 64.9 Å². The van der Waals surface area contributed by atoms with Gasteiger partial charge < -0.3 is 19.9 Å². The normalized spacial score (nSPS) is 22.6. The van der Waals surface area contributed by atoms with Gasteiger partial charge in [0.1, 0.15) is 0 Å². The summed E-state index contributed by atoms with van der Waals surface area (Å²) >= 11 is 0. The molecule has 0 aromatic heterocycles. The quantitative estimate of drug-likeness (QED) is 0.713. The van der Waals surface area contributed by atoms with Gasteiger partial charge in [-0.2, -0.15) is 0 Å². The molecule has 2 aliphatic heterocycles. The molecule has 6 heteroatoms. The third-order valence-electron chi connectivity index (χ3n) is 5.40. The highest BCUT2D eigenvalue weighted by Crippen LogP contribution is 2.19. The molecule has 0 saturated carbocycles. The van der Waals surface area contributed by atoms with E-state index in [4.69, 9.17) is 4.74 Å². The molecule has 0 bridgehead atoms. The molecule has 0 aromatic rings. The van der Waals surface area contributed by atoms with E-state index in [-0.39, 0.29) is 29.9 Å². The molecule has 0 unspecified atom stereocenters. The van der Waals surface area contributed by atoms with Crippen molar-refractivity contribution in [3.63, 3.8) is 0 Å². The zero-order valence-corrected chi connectivity index (χ0v) is 16.8. The number of piperidine rings is 2. The van der Waals surface area contributed by atoms with E-state index >= 15 is 0 Å². The van der Waals surface area contributed by atoms with Gasteiger partial charge in [0.2, 0.25) is 11.8 Å². The average Bonchev–Trinajstić information content (AvgIpc) is 2.63. The number of carbonyl (C=O) groups is 2. The molecule has 0 aromatic carbocycles. The van der Waals surface area contributed by atoms with E-state index in [9.17, 15) is 9.59 Å². The Morgan fingerprint density at radius 1 is 1.15 bits per heavy atom. The fraction of sp³-hybridized carbons (Fsp3) is 0.900. The van der Waals surface area contributed by atoms with Crippen LogP contribution in [0.4, 0.5) is 0 Å². The van der Waals surface area contributed by atoms with Gasteiger partial charge in [-0.3, -0.25) is 9.59 Å². The first kappa shape index (κ1) is 21.2. The molecule has 1 N–H and O–H groups in total. The van der Waals surface area contributed by atoms with Crippen LogP contribution in [0.2, 0.25) is 0 Å². The molecule has 0 spiro atoms. The minimum Gasteiger partial charge on any atom is -0.377 e. The predicted octanol–water partition coefficient (Wildman–Crippen LogP) is 2.03. The zero-order chi connectivity index (χ0) is 18.9. The Morgan fingerprint density at radius 3 is 2.54 bits per heavy atom. The summed E-state index contributed by atoms with van der Waals surface area (Å²) in [6.07, 6.45) is 5.57. The van der Waals surface area contributed by atoms with Crippen LogP contribution in [0.25, 0.3) is 0 Å². The second-order valence-electron chi connectivity index (χ2n) is 7.97. The minimum atomic E-state index is -0.0398. The van der Waals surface area contributed by atoms with Crippen LogP contribution in [0.15, 0.2) is 0 Å². The summed E-state index contributed by atoms with van der Waals surface area (Å²) < 4.78 is 5.62. The zero-order valence-electron chi connectivity index (χ0n) is 16.8. The standard InChI is InChI=1S/C20H37N3O3/c1-4-6-19(24)23-10-5-7-17(15-23)20(25)21-18-8-11-22(12-9-18)13-14-26-16(2)3/h16-18H,4-15H2,1-3H3,(H,21,25)/t17-/m0/s1. The molecular weight excluding hydrogens is 330 g/mol. The maximum absolute atomic E-state index is 12.6. The highest BCUT2D eigenvalue weighted by molar-refractivity contribution is 5.81. The van der Waals surface area contributed by atoms with E-state index in [1.165, 1.54) is 0 Å². The van der Waals surface area contributed by atoms with Crippen molar-refractivity contribution in [2.24, 2.45) is 5.92 Å². The van der Waals surface area contributed by atoms with Gasteiger partial charge in [-0.25, -0.2) is 0 Å². The lowest BCUT2D eigenvalue weighted by atomic mass is 9.95. The lowest BCUT2D eigenvalue weighted by Gasteiger charge is -2.35. The number of rotatable bonds is 8. The molecule has 2 saturated heterocycles. The summed E-state index contributed by atoms with van der Waals surface area (Å²) in [6.45, 7) is 11.3. The summed E-state index contributed by atoms with van der Waals surface area (Å²) in [4.78, 5) is 29.0. The maximum atomic E-state index is 12.6. The maximum Gasteiger partial charge on any atom is 0.225 e. The fourth-order valence-corrected chi connectivity index (χ4v) is 3.83. The van der Waals surface area contributed by atoms with Crippen molar-refractivity contribution in [2.45, 2.75) is 71.4 Å². The number of ether oxygens (including phenoxy) is 1. The van der Waals surface area contributed by atoms with Crippen molar-refractivity contribution >= 4 is 11.8 Å². The van der Waals surface area contributed by atoms with Gasteiger partial charge >= 0.3 is 0 Å². The molecule has 0 radical (unpaired) electrons. The number of nitrogens with zero attached hydrogens (tertiary/aromatic N) is 2. The summed E-state index contributed by atoms with van der Waals surface area (Å²) in [5.41, 5.74) is 0. The number of carbonyl (C=O) groups excluding carboxylic acids is 2. The Labute approximate surface area is 158 Å². The van der Waals surface area contributed by atoms with Gasteiger partial charge in [0.25, 0.3) is 0 Å². The second kappa shape index (κ2) is 10.9. The van der Waals surface area contributed by atoms with Crippen LogP contribution in [-0.4, -0.2) is 73.1 Å². The van der Waals surface area contributed by atoms with Crippen LogP contribution in [0, 0.1) is 5.92 Å². The largest absolute Gasteiger partial charge is 0.377 e. The van der Waals surface area contributed by atoms with Crippen LogP contribution < -0.4 is 5.32 Å². The number of hydrogen-bond acceptors (Lipinski definition) is 4. The Morgan fingerprint density at radius 2 is 1.88 bits per heavy atom. The average molecular weight is 368 g/mol. The van der Waals surface area contributed by atoms with E-state index in [0.29, 0.717) is 13.0 Å². The summed E-state index contributed by atoms with van der Waals surface area (Å²) in [5.74, 6) is 0.296. The first-order valence-electron chi connectivity index (χ1n) is 10.4. The van der Waals surface area contributed by atoms with Crippen molar-refractivity contribution in [3.8, 4) is 0 Å². The first-order valence-corrected chi connectivity index (χ1v) is 10.4. The predicted molar refractivity (Wildman–Crippen MR) is 103 cm³/mol. The smallest absolute Gasteiger partial charge is 0.225 e. The Kier molecular flexibility index (Phi) is 8.85. The molecular formula is C20H37N3O3. The van der Waals surface area contributed by atoms with Crippen molar-refractivity contribution in [2.75, 3.05) is 39.3 Å². The topological polar surface area (TPSA) is 61.9 Å². The van der Waals surface area contributed by atoms with Crippen LogP contribution in [0.3, 0.4) is 0 Å². The molecule has 0 aliphatic carbocycles. The van der Waals surface area contributed by atoms with E-state index in [2.05, 4.69) is 24.1 Å². The first-order chi connectivity index (χ1) is 12.5. The number of amides is 2. The van der Waals surface area contributed by atoms with Crippen LogP contribution in [0.5, 0.6) is 0 Å². The summed E-state index contributed by atoms with van der Waals surface area (Å²) in [6, 6.07) is 0.270. The van der Waals surface area contributed by atoms with E-state index in [1.807, 2.05) is 11.8 Å². The van der Waals surface area contributed by atoms with Gasteiger partial charge in [0.15, 0.2) is 0 Å². The molecule has 2 rings (SSSR count). The summed E-state index contributed by atoms with van der Waals surface area (Å²) in [5, 5.41) is 3.24. The van der Waals surface area contributed by atoms with Crippen molar-refractivity contribution in [3.05, 3.63) is 0 Å². The SMILES string of the molecule is CCCC(=O)N1CCC[C@H](C(=O)NC2CCN(CCOC(C)C)CC2)C1. The van der Waals surface area contributed by atoms with Crippen LogP contribution in [-0.2, 0) is 14.3 Å². The van der Waals surface area contributed by atoms with Crippen molar-refractivity contribution in [1.29, 1.82) is 0 Å². The van der Waals surface area contributed by atoms with Gasteiger partial charge in [0.05, 0.1) is 18.6 Å². The molecule has 1 atom stereocenters. The van der Waals surface area contributed by atoms with Gasteiger partial charge in [-0.15, -0.1) is 0 Å². The highest BCUT2D eigenvalue weighted by Gasteiger charge is 2.30. The minimum absolute atomic E-state index is 0.0398. The Balaban J connectivity index is 1.69. The molecule has 2 aliphatic rings. The van der Waals surface area contributed by atoms with E-state index in [1.54, 1.807) is 0 Å². The van der Waals surface area contributed by atoms with Crippen LogP contribution >= 0.6 is 0 Å². The third-order valence-corrected chi connectivity index (χ3v) is 5.40. The van der Waals surface area contributed by atoms with Gasteiger partial charge in [0, 0.05) is 45.2 Å². The summed E-state index contributed by atoms with van der Waals surface area (Å²) in [7, 11) is 0. The van der Waals surface area contributed by atoms with Crippen molar-refractivity contribution < 1.29 is 14.3 Å². The van der Waals surface area contributed by atoms with Crippen molar-refractivity contribution in [1.82, 2.24) is 15.1 Å². The van der Waals surface area contributed by atoms with E-state index < -0.39 is 0 Å². The van der Waals surface area contributed by atoms with Gasteiger partial charge in [-0.05, 0) is 46.0 Å². The number of nitrogens with one attached hydrogen (secondary N) is 1. The molecule has 2 amide bonds. The monoisotopic (exact) mass is 367 g/mol. The molecule has 6 nitrogen and oxygen atoms in total. The number of likely N-dealkylation sites (tertiary alicyclic amines) is 2.